The summed E-state index contributed by atoms with van der Waals surface area (Å²) in [6.07, 6.45) is 7.16. The van der Waals surface area contributed by atoms with Gasteiger partial charge in [-0.15, -0.1) is 0 Å². The van der Waals surface area contributed by atoms with Crippen LogP contribution in [0.25, 0.3) is 10.8 Å². The maximum absolute atomic E-state index is 14.7. The van der Waals surface area contributed by atoms with Gasteiger partial charge in [-0.2, -0.15) is 0 Å². The number of amides is 1. The lowest BCUT2D eigenvalue weighted by molar-refractivity contribution is -0.122. The Hall–Kier alpha value is -4.65. The molecule has 0 saturated carbocycles. The molecule has 3 aromatic carbocycles. The zero-order chi connectivity index (χ0) is 33.9. The number of allylic oxidation sites excluding steroid dienone is 2. The summed E-state index contributed by atoms with van der Waals surface area (Å²) in [7, 11) is 3.71. The van der Waals surface area contributed by atoms with E-state index in [1.807, 2.05) is 66.9 Å². The van der Waals surface area contributed by atoms with Crippen molar-refractivity contribution in [2.24, 2.45) is 11.8 Å². The molecule has 4 aromatic rings. The molecule has 0 bridgehead atoms. The molecule has 2 unspecified atom stereocenters. The minimum Gasteiger partial charge on any atom is -0.497 e. The van der Waals surface area contributed by atoms with Gasteiger partial charge < -0.3 is 19.9 Å². The number of Topliss-reactive ketones (excluding diaryl/α,β-unsaturated/α-hetero) is 1. The van der Waals surface area contributed by atoms with Crippen LogP contribution in [0.15, 0.2) is 103 Å². The number of pyridine rings is 1. The van der Waals surface area contributed by atoms with E-state index in [0.29, 0.717) is 31.1 Å². The first-order valence-electron chi connectivity index (χ1n) is 17.4. The molecule has 7 nitrogen and oxygen atoms in total. The smallest absolute Gasteiger partial charge is 0.251 e. The average molecular weight is 647 g/mol. The largest absolute Gasteiger partial charge is 0.497 e. The second-order valence-corrected chi connectivity index (χ2v) is 12.9. The zero-order valence-electron chi connectivity index (χ0n) is 29.0. The number of methoxy groups -OCH3 is 1. The van der Waals surface area contributed by atoms with Gasteiger partial charge >= 0.3 is 0 Å². The van der Waals surface area contributed by atoms with Gasteiger partial charge in [0.25, 0.3) is 5.91 Å². The number of benzene rings is 3. The number of hydrogen-bond acceptors (Lipinski definition) is 6. The molecule has 0 aliphatic heterocycles. The minimum atomic E-state index is -0.103. The number of aromatic nitrogens is 1. The lowest BCUT2D eigenvalue weighted by atomic mass is 9.78. The number of rotatable bonds is 14. The Morgan fingerprint density at radius 3 is 2.48 bits per heavy atom. The molecule has 1 heterocycles. The molecule has 0 spiro atoms. The summed E-state index contributed by atoms with van der Waals surface area (Å²) < 4.78 is 5.34. The number of carbonyl (C=O) groups excluding carboxylic acids is 2. The normalized spacial score (nSPS) is 18.2. The highest BCUT2D eigenvalue weighted by molar-refractivity contribution is 5.99. The number of likely N-dealkylation sites (N-methyl/N-ethyl adjacent to an activating group) is 2. The second-order valence-electron chi connectivity index (χ2n) is 12.9. The number of aryl methyl sites for hydroxylation is 1. The number of carbonyl (C=O) groups is 2. The van der Waals surface area contributed by atoms with E-state index in [1.165, 1.54) is 5.56 Å². The summed E-state index contributed by atoms with van der Waals surface area (Å²) in [6.45, 7) is 6.93. The van der Waals surface area contributed by atoms with Crippen molar-refractivity contribution >= 4 is 22.5 Å². The van der Waals surface area contributed by atoms with Gasteiger partial charge in [0.1, 0.15) is 5.75 Å². The Morgan fingerprint density at radius 1 is 0.958 bits per heavy atom. The van der Waals surface area contributed by atoms with E-state index in [4.69, 9.17) is 4.74 Å². The van der Waals surface area contributed by atoms with Crippen LogP contribution in [-0.4, -0.2) is 66.8 Å². The van der Waals surface area contributed by atoms with Crippen LogP contribution in [0.3, 0.4) is 0 Å². The molecule has 7 heteroatoms. The maximum atomic E-state index is 14.7. The Kier molecular flexibility index (Phi) is 12.2. The number of nitrogens with zero attached hydrogens (tertiary/aromatic N) is 3. The quantitative estimate of drug-likeness (QED) is 0.155. The number of ether oxygens (including phenoxy) is 1. The minimum absolute atomic E-state index is 0.0564. The third-order valence-electron chi connectivity index (χ3n) is 9.74. The van der Waals surface area contributed by atoms with E-state index in [9.17, 15) is 9.59 Å². The number of hydrogen-bond donors (Lipinski definition) is 1. The summed E-state index contributed by atoms with van der Waals surface area (Å²) in [5, 5.41) is 5.16. The highest BCUT2D eigenvalue weighted by atomic mass is 16.5. The van der Waals surface area contributed by atoms with Crippen molar-refractivity contribution in [3.8, 4) is 5.75 Å². The van der Waals surface area contributed by atoms with E-state index >= 15 is 0 Å². The first kappa shape index (κ1) is 34.7. The molecule has 252 valence electrons. The van der Waals surface area contributed by atoms with Crippen molar-refractivity contribution in [2.75, 3.05) is 40.3 Å². The third kappa shape index (κ3) is 8.82. The topological polar surface area (TPSA) is 74.8 Å². The van der Waals surface area contributed by atoms with Crippen molar-refractivity contribution in [2.45, 2.75) is 52.4 Å². The third-order valence-corrected chi connectivity index (χ3v) is 9.74. The highest BCUT2D eigenvalue weighted by Crippen LogP contribution is 2.34. The van der Waals surface area contributed by atoms with E-state index in [0.717, 1.165) is 78.7 Å². The van der Waals surface area contributed by atoms with Gasteiger partial charge in [0.2, 0.25) is 0 Å². The highest BCUT2D eigenvalue weighted by Gasteiger charge is 2.34. The van der Waals surface area contributed by atoms with Crippen LogP contribution in [0.1, 0.15) is 61.1 Å². The summed E-state index contributed by atoms with van der Waals surface area (Å²) in [5.74, 6) is 1.18. The fourth-order valence-corrected chi connectivity index (χ4v) is 6.91. The Bertz CT molecular complexity index is 1690. The van der Waals surface area contributed by atoms with Crippen molar-refractivity contribution in [1.29, 1.82) is 0 Å². The van der Waals surface area contributed by atoms with Crippen LogP contribution in [0.4, 0.5) is 0 Å². The van der Waals surface area contributed by atoms with Gasteiger partial charge in [0, 0.05) is 68.7 Å². The van der Waals surface area contributed by atoms with Gasteiger partial charge in [0.15, 0.2) is 5.78 Å². The molecular weight excluding hydrogens is 596 g/mol. The van der Waals surface area contributed by atoms with E-state index in [-0.39, 0.29) is 17.6 Å². The summed E-state index contributed by atoms with van der Waals surface area (Å²) in [4.78, 5) is 37.0. The lowest BCUT2D eigenvalue weighted by Crippen LogP contribution is -2.40. The van der Waals surface area contributed by atoms with E-state index in [1.54, 1.807) is 7.11 Å². The van der Waals surface area contributed by atoms with E-state index < -0.39 is 0 Å². The van der Waals surface area contributed by atoms with Crippen LogP contribution >= 0.6 is 0 Å². The molecule has 2 atom stereocenters. The van der Waals surface area contributed by atoms with Crippen molar-refractivity contribution in [3.05, 3.63) is 119 Å². The predicted octanol–water partition coefficient (Wildman–Crippen LogP) is 7.32. The standard InChI is InChI=1S/C41H50N4O3/c1-5-45(27-25-43-41(47)34-19-18-33-29-36(48-4)21-20-32(33)28-34)38-16-11-12-30(2)37(22-17-31-13-7-6-8-14-31)40(46)39(38)44(3)26-23-35-15-9-10-24-42-35/h6-10,13-15,18-21,24,28-30,37H,5,11-12,16-17,22-23,25-27H2,1-4H3,(H,43,47)/b39-38-. The molecule has 1 aliphatic carbocycles. The molecule has 1 amide bonds. The molecule has 48 heavy (non-hydrogen) atoms. The maximum Gasteiger partial charge on any atom is 0.251 e. The van der Waals surface area contributed by atoms with Crippen LogP contribution in [0.5, 0.6) is 5.75 Å². The average Bonchev–Trinajstić information content (AvgIpc) is 3.12. The summed E-state index contributed by atoms with van der Waals surface area (Å²) in [5.41, 5.74) is 4.83. The second kappa shape index (κ2) is 17.0. The Balaban J connectivity index is 1.36. The fourth-order valence-electron chi connectivity index (χ4n) is 6.91. The van der Waals surface area contributed by atoms with Gasteiger partial charge in [0.05, 0.1) is 12.8 Å². The van der Waals surface area contributed by atoms with Crippen LogP contribution in [0.2, 0.25) is 0 Å². The van der Waals surface area contributed by atoms with Crippen molar-refractivity contribution < 1.29 is 14.3 Å². The molecule has 1 aliphatic rings. The summed E-state index contributed by atoms with van der Waals surface area (Å²) in [6, 6.07) is 28.1. The zero-order valence-corrected chi connectivity index (χ0v) is 29.0. The van der Waals surface area contributed by atoms with Crippen molar-refractivity contribution in [1.82, 2.24) is 20.1 Å². The van der Waals surface area contributed by atoms with Gasteiger partial charge in [-0.3, -0.25) is 14.6 Å². The molecular formula is C41H50N4O3. The predicted molar refractivity (Wildman–Crippen MR) is 194 cm³/mol. The molecule has 0 radical (unpaired) electrons. The molecule has 1 aromatic heterocycles. The number of fused-ring (bicyclic) bond motifs is 1. The first-order chi connectivity index (χ1) is 23.4. The van der Waals surface area contributed by atoms with Crippen LogP contribution in [-0.2, 0) is 17.6 Å². The van der Waals surface area contributed by atoms with Gasteiger partial charge in [-0.05, 0) is 97.7 Å². The van der Waals surface area contributed by atoms with Crippen LogP contribution in [0, 0.1) is 11.8 Å². The molecule has 1 N–H and O–H groups in total. The van der Waals surface area contributed by atoms with Crippen LogP contribution < -0.4 is 10.1 Å². The first-order valence-corrected chi connectivity index (χ1v) is 17.4. The lowest BCUT2D eigenvalue weighted by Gasteiger charge is -2.37. The molecule has 5 rings (SSSR count). The van der Waals surface area contributed by atoms with Gasteiger partial charge in [-0.1, -0.05) is 55.5 Å². The number of ketones is 1. The summed E-state index contributed by atoms with van der Waals surface area (Å²) >= 11 is 0. The van der Waals surface area contributed by atoms with Gasteiger partial charge in [-0.25, -0.2) is 0 Å². The molecule has 0 saturated heterocycles. The fraction of sp³-hybridized carbons (Fsp3) is 0.390. The molecule has 0 fully saturated rings. The Morgan fingerprint density at radius 2 is 1.73 bits per heavy atom. The SMILES string of the molecule is CCN(CCNC(=O)c1ccc2cc(OC)ccc2c1)/C1=C(\N(C)CCc2ccccn2)C(=O)C(CCc2ccccc2)C(C)CCC1. The van der Waals surface area contributed by atoms with Crippen molar-refractivity contribution in [3.63, 3.8) is 0 Å². The van der Waals surface area contributed by atoms with E-state index in [2.05, 4.69) is 65.3 Å². The Labute approximate surface area is 286 Å². The monoisotopic (exact) mass is 646 g/mol. The number of nitrogens with one attached hydrogen (secondary N) is 1.